The van der Waals surface area contributed by atoms with Gasteiger partial charge in [-0.3, -0.25) is 4.79 Å². The van der Waals surface area contributed by atoms with E-state index in [1.165, 1.54) is 18.2 Å². The number of carbonyl (C=O) groups excluding carboxylic acids is 1. The summed E-state index contributed by atoms with van der Waals surface area (Å²) in [6.45, 7) is 4.12. The fourth-order valence-electron chi connectivity index (χ4n) is 2.95. The molecule has 2 N–H and O–H groups in total. The number of carboxylic acid groups (broad SMARTS) is 1. The highest BCUT2D eigenvalue weighted by molar-refractivity contribution is 6.10. The van der Waals surface area contributed by atoms with Gasteiger partial charge in [-0.25, -0.2) is 4.79 Å². The Kier molecular flexibility index (Phi) is 7.04. The van der Waals surface area contributed by atoms with E-state index in [-0.39, 0.29) is 17.7 Å². The quantitative estimate of drug-likeness (QED) is 0.403. The number of amides is 1. The lowest BCUT2D eigenvalue weighted by atomic mass is 10.1. The van der Waals surface area contributed by atoms with E-state index in [1.54, 1.807) is 36.4 Å². The second kappa shape index (κ2) is 10.1. The maximum absolute atomic E-state index is 12.5. The molecule has 6 heteroatoms. The molecule has 0 fully saturated rings. The summed E-state index contributed by atoms with van der Waals surface area (Å²) in [4.78, 5) is 23.4. The molecule has 0 radical (unpaired) electrons. The molecule has 160 valence electrons. The van der Waals surface area contributed by atoms with Gasteiger partial charge in [-0.1, -0.05) is 36.4 Å². The first-order valence-corrected chi connectivity index (χ1v) is 9.91. The number of hydrogen-bond acceptors (Lipinski definition) is 4. The van der Waals surface area contributed by atoms with Crippen LogP contribution in [0.5, 0.6) is 5.75 Å². The van der Waals surface area contributed by atoms with Crippen LogP contribution < -0.4 is 10.1 Å². The molecule has 0 aromatic heterocycles. The minimum absolute atomic E-state index is 0.00176. The average Bonchev–Trinajstić information content (AvgIpc) is 2.79. The normalized spacial score (nSPS) is 10.8. The van der Waals surface area contributed by atoms with Crippen molar-refractivity contribution in [2.45, 2.75) is 20.5 Å². The third kappa shape index (κ3) is 5.83. The van der Waals surface area contributed by atoms with Crippen molar-refractivity contribution in [2.75, 3.05) is 5.32 Å². The maximum atomic E-state index is 12.5. The number of nitrogens with zero attached hydrogens (tertiary/aromatic N) is 1. The van der Waals surface area contributed by atoms with E-state index >= 15 is 0 Å². The number of carboxylic acids is 1. The Morgan fingerprint density at radius 3 is 2.34 bits per heavy atom. The van der Waals surface area contributed by atoms with Crippen LogP contribution in [0, 0.1) is 25.2 Å². The minimum atomic E-state index is -0.972. The van der Waals surface area contributed by atoms with Crippen LogP contribution in [0.1, 0.15) is 32.6 Å². The molecule has 6 nitrogen and oxygen atoms in total. The number of carbonyl (C=O) groups is 2. The van der Waals surface area contributed by atoms with Crippen molar-refractivity contribution in [3.63, 3.8) is 0 Å². The van der Waals surface area contributed by atoms with Crippen LogP contribution in [-0.2, 0) is 11.4 Å². The van der Waals surface area contributed by atoms with E-state index in [1.807, 2.05) is 38.1 Å². The summed E-state index contributed by atoms with van der Waals surface area (Å²) in [7, 11) is 0. The van der Waals surface area contributed by atoms with Crippen molar-refractivity contribution in [2.24, 2.45) is 0 Å². The summed E-state index contributed by atoms with van der Waals surface area (Å²) in [5.74, 6) is -0.824. The topological polar surface area (TPSA) is 99.4 Å². The van der Waals surface area contributed by atoms with E-state index < -0.39 is 11.9 Å². The van der Waals surface area contributed by atoms with Crippen molar-refractivity contribution >= 4 is 23.6 Å². The molecule has 0 aliphatic heterocycles. The first-order chi connectivity index (χ1) is 15.4. The van der Waals surface area contributed by atoms with Gasteiger partial charge in [-0.05, 0) is 72.5 Å². The van der Waals surface area contributed by atoms with Crippen LogP contribution in [0.2, 0.25) is 0 Å². The minimum Gasteiger partial charge on any atom is -0.489 e. The van der Waals surface area contributed by atoms with Gasteiger partial charge in [-0.15, -0.1) is 0 Å². The molecule has 0 atom stereocenters. The number of benzene rings is 3. The van der Waals surface area contributed by atoms with Crippen molar-refractivity contribution in [1.82, 2.24) is 0 Å². The maximum Gasteiger partial charge on any atom is 0.335 e. The fourth-order valence-corrected chi connectivity index (χ4v) is 2.95. The molecule has 0 unspecified atom stereocenters. The zero-order chi connectivity index (χ0) is 23.1. The summed E-state index contributed by atoms with van der Waals surface area (Å²) < 4.78 is 5.72. The average molecular weight is 426 g/mol. The largest absolute Gasteiger partial charge is 0.489 e. The van der Waals surface area contributed by atoms with E-state index in [0.717, 1.165) is 16.7 Å². The molecule has 0 aliphatic rings. The van der Waals surface area contributed by atoms with Crippen LogP contribution in [-0.4, -0.2) is 17.0 Å². The van der Waals surface area contributed by atoms with Gasteiger partial charge in [0.05, 0.1) is 5.56 Å². The number of aryl methyl sites for hydroxylation is 2. The molecular formula is C26H22N2O4. The molecule has 3 aromatic carbocycles. The molecule has 3 aromatic rings. The highest BCUT2D eigenvalue weighted by Crippen LogP contribution is 2.19. The Bertz CT molecular complexity index is 1200. The summed E-state index contributed by atoms with van der Waals surface area (Å²) in [6.07, 6.45) is 1.52. The van der Waals surface area contributed by atoms with Crippen molar-refractivity contribution in [3.8, 4) is 11.8 Å². The fraction of sp³-hybridized carbons (Fsp3) is 0.115. The van der Waals surface area contributed by atoms with Crippen LogP contribution >= 0.6 is 0 Å². The Hall–Kier alpha value is -4.37. The Morgan fingerprint density at radius 1 is 1.03 bits per heavy atom. The standard InChI is InChI=1S/C26H22N2O4/c1-17-3-4-18(2)24(13-17)28-25(29)22(15-27)14-19-7-11-23(12-8-19)32-16-20-5-9-21(10-6-20)26(30)31/h3-14H,16H2,1-2H3,(H,28,29)(H,30,31)/b22-14+. The zero-order valence-electron chi connectivity index (χ0n) is 17.8. The summed E-state index contributed by atoms with van der Waals surface area (Å²) in [6, 6.07) is 21.2. The van der Waals surface area contributed by atoms with E-state index in [4.69, 9.17) is 9.84 Å². The molecule has 0 saturated heterocycles. The molecule has 1 amide bonds. The van der Waals surface area contributed by atoms with Gasteiger partial charge in [0, 0.05) is 5.69 Å². The van der Waals surface area contributed by atoms with E-state index in [9.17, 15) is 14.9 Å². The summed E-state index contributed by atoms with van der Waals surface area (Å²) in [5.41, 5.74) is 4.36. The SMILES string of the molecule is Cc1ccc(C)c(NC(=O)/C(C#N)=C/c2ccc(OCc3ccc(C(=O)O)cc3)cc2)c1. The van der Waals surface area contributed by atoms with Gasteiger partial charge in [0.1, 0.15) is 24.0 Å². The highest BCUT2D eigenvalue weighted by Gasteiger charge is 2.11. The number of anilines is 1. The highest BCUT2D eigenvalue weighted by atomic mass is 16.5. The van der Waals surface area contributed by atoms with Crippen LogP contribution in [0.3, 0.4) is 0 Å². The second-order valence-electron chi connectivity index (χ2n) is 7.30. The van der Waals surface area contributed by atoms with Crippen molar-refractivity contribution in [3.05, 3.63) is 100 Å². The first kappa shape index (κ1) is 22.3. The molecule has 0 saturated carbocycles. The Labute approximate surface area is 186 Å². The molecule has 0 aliphatic carbocycles. The van der Waals surface area contributed by atoms with Gasteiger partial charge in [0.25, 0.3) is 5.91 Å². The lowest BCUT2D eigenvalue weighted by molar-refractivity contribution is -0.112. The summed E-state index contributed by atoms with van der Waals surface area (Å²) in [5, 5.41) is 21.2. The Balaban J connectivity index is 1.64. The number of nitrogens with one attached hydrogen (secondary N) is 1. The van der Waals surface area contributed by atoms with Crippen molar-refractivity contribution in [1.29, 1.82) is 5.26 Å². The molecule has 3 rings (SSSR count). The lowest BCUT2D eigenvalue weighted by Crippen LogP contribution is -2.14. The van der Waals surface area contributed by atoms with E-state index in [0.29, 0.717) is 17.0 Å². The van der Waals surface area contributed by atoms with Crippen LogP contribution in [0.4, 0.5) is 5.69 Å². The lowest BCUT2D eigenvalue weighted by Gasteiger charge is -2.09. The number of nitriles is 1. The third-order valence-electron chi connectivity index (χ3n) is 4.80. The number of aromatic carboxylic acids is 1. The Morgan fingerprint density at radius 2 is 1.72 bits per heavy atom. The summed E-state index contributed by atoms with van der Waals surface area (Å²) >= 11 is 0. The number of rotatable bonds is 7. The zero-order valence-corrected chi connectivity index (χ0v) is 17.8. The smallest absolute Gasteiger partial charge is 0.335 e. The molecular weight excluding hydrogens is 404 g/mol. The van der Waals surface area contributed by atoms with Crippen LogP contribution in [0.15, 0.2) is 72.3 Å². The van der Waals surface area contributed by atoms with Gasteiger partial charge in [0.2, 0.25) is 0 Å². The predicted octanol–water partition coefficient (Wildman–Crippen LogP) is 5.13. The molecule has 0 spiro atoms. The third-order valence-corrected chi connectivity index (χ3v) is 4.80. The van der Waals surface area contributed by atoms with Gasteiger partial charge in [-0.2, -0.15) is 5.26 Å². The van der Waals surface area contributed by atoms with Gasteiger partial charge in [0.15, 0.2) is 0 Å². The van der Waals surface area contributed by atoms with Gasteiger partial charge < -0.3 is 15.2 Å². The van der Waals surface area contributed by atoms with Crippen molar-refractivity contribution < 1.29 is 19.4 Å². The monoisotopic (exact) mass is 426 g/mol. The molecule has 32 heavy (non-hydrogen) atoms. The molecule has 0 bridgehead atoms. The van der Waals surface area contributed by atoms with Crippen LogP contribution in [0.25, 0.3) is 6.08 Å². The molecule has 0 heterocycles. The second-order valence-corrected chi connectivity index (χ2v) is 7.30. The van der Waals surface area contributed by atoms with Gasteiger partial charge >= 0.3 is 5.97 Å². The number of ether oxygens (including phenoxy) is 1. The predicted molar refractivity (Wildman–Crippen MR) is 122 cm³/mol. The van der Waals surface area contributed by atoms with E-state index in [2.05, 4.69) is 5.32 Å². The number of hydrogen-bond donors (Lipinski definition) is 2. The first-order valence-electron chi connectivity index (χ1n) is 9.91.